The fraction of sp³-hybridized carbons (Fsp3) is 0.231. The van der Waals surface area contributed by atoms with Gasteiger partial charge < -0.3 is 0 Å². The van der Waals surface area contributed by atoms with Crippen LogP contribution in [-0.4, -0.2) is 9.97 Å². The maximum Gasteiger partial charge on any atom is 0.133 e. The summed E-state index contributed by atoms with van der Waals surface area (Å²) in [5, 5.41) is 0. The van der Waals surface area contributed by atoms with Gasteiger partial charge in [-0.05, 0) is 47.0 Å². The van der Waals surface area contributed by atoms with Crippen molar-refractivity contribution in [3.05, 3.63) is 46.6 Å². The van der Waals surface area contributed by atoms with Gasteiger partial charge in [0.1, 0.15) is 16.2 Å². The average molecular weight is 293 g/mol. The molecule has 4 heteroatoms. The van der Waals surface area contributed by atoms with Crippen LogP contribution < -0.4 is 0 Å². The molecular weight excluding hydrogens is 283 g/mol. The summed E-state index contributed by atoms with van der Waals surface area (Å²) >= 11 is 3.36. The standard InChI is InChI=1S/C13H10BrFN2/c14-12-7-11(9-3-1-2-4-10(9)15)16-13(17-12)8-5-6-8/h1-4,7-8H,5-6H2. The molecule has 2 aromatic rings. The van der Waals surface area contributed by atoms with E-state index in [0.717, 1.165) is 18.7 Å². The van der Waals surface area contributed by atoms with Crippen LogP contribution in [0.4, 0.5) is 4.39 Å². The molecule has 0 atom stereocenters. The van der Waals surface area contributed by atoms with Crippen LogP contribution in [0.1, 0.15) is 24.6 Å². The molecule has 3 rings (SSSR count). The van der Waals surface area contributed by atoms with Crippen LogP contribution in [0.25, 0.3) is 11.3 Å². The Labute approximate surface area is 107 Å². The molecule has 1 aliphatic rings. The molecule has 1 aliphatic carbocycles. The van der Waals surface area contributed by atoms with Gasteiger partial charge in [0.05, 0.1) is 5.69 Å². The monoisotopic (exact) mass is 292 g/mol. The minimum Gasteiger partial charge on any atom is -0.232 e. The van der Waals surface area contributed by atoms with E-state index in [0.29, 0.717) is 21.8 Å². The van der Waals surface area contributed by atoms with Gasteiger partial charge in [0, 0.05) is 11.5 Å². The molecule has 0 saturated heterocycles. The van der Waals surface area contributed by atoms with Gasteiger partial charge in [-0.2, -0.15) is 0 Å². The number of benzene rings is 1. The molecule has 1 fully saturated rings. The van der Waals surface area contributed by atoms with Gasteiger partial charge in [0.2, 0.25) is 0 Å². The van der Waals surface area contributed by atoms with Gasteiger partial charge >= 0.3 is 0 Å². The summed E-state index contributed by atoms with van der Waals surface area (Å²) in [6.07, 6.45) is 2.26. The highest BCUT2D eigenvalue weighted by Gasteiger charge is 2.27. The summed E-state index contributed by atoms with van der Waals surface area (Å²) < 4.78 is 14.4. The summed E-state index contributed by atoms with van der Waals surface area (Å²) in [7, 11) is 0. The Morgan fingerprint density at radius 2 is 1.94 bits per heavy atom. The van der Waals surface area contributed by atoms with Crippen molar-refractivity contribution in [3.63, 3.8) is 0 Å². The van der Waals surface area contributed by atoms with Crippen molar-refractivity contribution in [2.45, 2.75) is 18.8 Å². The first kappa shape index (κ1) is 10.8. The second-order valence-corrected chi connectivity index (χ2v) is 5.00. The van der Waals surface area contributed by atoms with Crippen LogP contribution in [0.2, 0.25) is 0 Å². The van der Waals surface area contributed by atoms with Crippen LogP contribution >= 0.6 is 15.9 Å². The van der Waals surface area contributed by atoms with Crippen LogP contribution in [0.5, 0.6) is 0 Å². The van der Waals surface area contributed by atoms with E-state index in [1.165, 1.54) is 6.07 Å². The number of nitrogens with zero attached hydrogens (tertiary/aromatic N) is 2. The number of rotatable bonds is 2. The minimum absolute atomic E-state index is 0.250. The molecule has 17 heavy (non-hydrogen) atoms. The normalized spacial score (nSPS) is 14.9. The van der Waals surface area contributed by atoms with Crippen molar-refractivity contribution < 1.29 is 4.39 Å². The average Bonchev–Trinajstić information content (AvgIpc) is 3.12. The molecule has 0 radical (unpaired) electrons. The molecule has 1 aromatic heterocycles. The van der Waals surface area contributed by atoms with E-state index in [4.69, 9.17) is 0 Å². The molecule has 0 N–H and O–H groups in total. The van der Waals surface area contributed by atoms with Crippen LogP contribution in [-0.2, 0) is 0 Å². The maximum atomic E-state index is 13.7. The van der Waals surface area contributed by atoms with Crippen molar-refractivity contribution in [1.29, 1.82) is 0 Å². The highest BCUT2D eigenvalue weighted by molar-refractivity contribution is 9.10. The van der Waals surface area contributed by atoms with Crippen molar-refractivity contribution in [2.75, 3.05) is 0 Å². The molecule has 0 bridgehead atoms. The Bertz CT molecular complexity index is 567. The first-order valence-electron chi connectivity index (χ1n) is 5.53. The first-order valence-corrected chi connectivity index (χ1v) is 6.33. The molecule has 1 heterocycles. The van der Waals surface area contributed by atoms with Crippen molar-refractivity contribution >= 4 is 15.9 Å². The first-order chi connectivity index (χ1) is 8.24. The van der Waals surface area contributed by atoms with Crippen molar-refractivity contribution in [3.8, 4) is 11.3 Å². The van der Waals surface area contributed by atoms with E-state index in [9.17, 15) is 4.39 Å². The second kappa shape index (κ2) is 4.18. The summed E-state index contributed by atoms with van der Waals surface area (Å²) in [6, 6.07) is 8.43. The topological polar surface area (TPSA) is 25.8 Å². The maximum absolute atomic E-state index is 13.7. The number of hydrogen-bond donors (Lipinski definition) is 0. The van der Waals surface area contributed by atoms with Gasteiger partial charge in [-0.1, -0.05) is 12.1 Å². The SMILES string of the molecule is Fc1ccccc1-c1cc(Br)nc(C2CC2)n1. The lowest BCUT2D eigenvalue weighted by molar-refractivity contribution is 0.630. The quantitative estimate of drug-likeness (QED) is 0.784. The smallest absolute Gasteiger partial charge is 0.133 e. The van der Waals surface area contributed by atoms with E-state index in [2.05, 4.69) is 25.9 Å². The Kier molecular flexibility index (Phi) is 2.67. The predicted molar refractivity (Wildman–Crippen MR) is 67.1 cm³/mol. The fourth-order valence-electron chi connectivity index (χ4n) is 1.77. The molecule has 1 saturated carbocycles. The number of halogens is 2. The third-order valence-corrected chi connectivity index (χ3v) is 3.21. The van der Waals surface area contributed by atoms with Gasteiger partial charge in [0.15, 0.2) is 0 Å². The van der Waals surface area contributed by atoms with E-state index in [1.54, 1.807) is 18.2 Å². The third-order valence-electron chi connectivity index (χ3n) is 2.80. The molecule has 0 aliphatic heterocycles. The molecule has 0 unspecified atom stereocenters. The van der Waals surface area contributed by atoms with E-state index in [1.807, 2.05) is 6.07 Å². The largest absolute Gasteiger partial charge is 0.232 e. The minimum atomic E-state index is -0.250. The predicted octanol–water partition coefficient (Wildman–Crippen LogP) is 3.92. The highest BCUT2D eigenvalue weighted by atomic mass is 79.9. The Balaban J connectivity index is 2.11. The lowest BCUT2D eigenvalue weighted by atomic mass is 10.1. The number of hydrogen-bond acceptors (Lipinski definition) is 2. The highest BCUT2D eigenvalue weighted by Crippen LogP contribution is 2.39. The summed E-state index contributed by atoms with van der Waals surface area (Å²) in [5.74, 6) is 1.02. The summed E-state index contributed by atoms with van der Waals surface area (Å²) in [5.41, 5.74) is 1.17. The van der Waals surface area contributed by atoms with Gasteiger partial charge in [-0.25, -0.2) is 14.4 Å². The molecule has 2 nitrogen and oxygen atoms in total. The van der Waals surface area contributed by atoms with Crippen LogP contribution in [0.15, 0.2) is 34.9 Å². The van der Waals surface area contributed by atoms with Gasteiger partial charge in [-0.15, -0.1) is 0 Å². The second-order valence-electron chi connectivity index (χ2n) is 4.19. The van der Waals surface area contributed by atoms with E-state index < -0.39 is 0 Å². The molecule has 86 valence electrons. The Morgan fingerprint density at radius 1 is 1.18 bits per heavy atom. The van der Waals surface area contributed by atoms with Crippen molar-refractivity contribution in [2.24, 2.45) is 0 Å². The molecular formula is C13H10BrFN2. The fourth-order valence-corrected chi connectivity index (χ4v) is 2.16. The Hall–Kier alpha value is -1.29. The van der Waals surface area contributed by atoms with E-state index >= 15 is 0 Å². The van der Waals surface area contributed by atoms with Gasteiger partial charge in [0.25, 0.3) is 0 Å². The lowest BCUT2D eigenvalue weighted by Gasteiger charge is -2.05. The van der Waals surface area contributed by atoms with Crippen molar-refractivity contribution in [1.82, 2.24) is 9.97 Å². The van der Waals surface area contributed by atoms with Gasteiger partial charge in [-0.3, -0.25) is 0 Å². The zero-order valence-electron chi connectivity index (χ0n) is 9.03. The molecule has 1 aromatic carbocycles. The third kappa shape index (κ3) is 2.22. The lowest BCUT2D eigenvalue weighted by Crippen LogP contribution is -1.96. The van der Waals surface area contributed by atoms with Crippen LogP contribution in [0.3, 0.4) is 0 Å². The summed E-state index contributed by atoms with van der Waals surface area (Å²) in [6.45, 7) is 0. The zero-order valence-corrected chi connectivity index (χ0v) is 10.6. The molecule has 0 amide bonds. The zero-order chi connectivity index (χ0) is 11.8. The number of aromatic nitrogens is 2. The van der Waals surface area contributed by atoms with E-state index in [-0.39, 0.29) is 5.82 Å². The summed E-state index contributed by atoms with van der Waals surface area (Å²) in [4.78, 5) is 8.78. The van der Waals surface area contributed by atoms with Crippen LogP contribution in [0, 0.1) is 5.82 Å². The molecule has 0 spiro atoms. The Morgan fingerprint density at radius 3 is 2.65 bits per heavy atom.